The summed E-state index contributed by atoms with van der Waals surface area (Å²) in [5.41, 5.74) is 2.47. The zero-order valence-electron chi connectivity index (χ0n) is 10.2. The number of allylic oxidation sites excluding steroid dienone is 1. The van der Waals surface area contributed by atoms with Crippen molar-refractivity contribution in [3.63, 3.8) is 0 Å². The monoisotopic (exact) mass is 252 g/mol. The third kappa shape index (κ3) is 2.77. The maximum Gasteiger partial charge on any atom is 0.335 e. The number of carboxylic acid groups (broad SMARTS) is 1. The molecule has 3 heteroatoms. The lowest BCUT2D eigenvalue weighted by molar-refractivity contribution is 0.0696. The van der Waals surface area contributed by atoms with Gasteiger partial charge < -0.3 is 5.11 Å². The molecule has 19 heavy (non-hydrogen) atoms. The van der Waals surface area contributed by atoms with Crippen molar-refractivity contribution in [2.45, 2.75) is 0 Å². The van der Waals surface area contributed by atoms with Crippen molar-refractivity contribution in [2.24, 2.45) is 0 Å². The highest BCUT2D eigenvalue weighted by atomic mass is 16.4. The van der Waals surface area contributed by atoms with Crippen molar-refractivity contribution in [3.05, 3.63) is 72.3 Å². The van der Waals surface area contributed by atoms with Crippen LogP contribution in [-0.2, 0) is 0 Å². The average molecular weight is 252 g/mol. The van der Waals surface area contributed by atoms with Crippen LogP contribution in [0.25, 0.3) is 11.1 Å². The first-order chi connectivity index (χ1) is 9.11. The van der Waals surface area contributed by atoms with Gasteiger partial charge in [0.25, 0.3) is 0 Å². The van der Waals surface area contributed by atoms with Crippen molar-refractivity contribution < 1.29 is 14.7 Å². The van der Waals surface area contributed by atoms with E-state index in [1.807, 2.05) is 6.07 Å². The van der Waals surface area contributed by atoms with E-state index in [0.29, 0.717) is 5.56 Å². The van der Waals surface area contributed by atoms with E-state index in [1.165, 1.54) is 6.08 Å². The van der Waals surface area contributed by atoms with Crippen LogP contribution in [0.1, 0.15) is 20.7 Å². The Morgan fingerprint density at radius 1 is 0.947 bits per heavy atom. The first-order valence-corrected chi connectivity index (χ1v) is 5.72. The molecule has 0 radical (unpaired) electrons. The van der Waals surface area contributed by atoms with Gasteiger partial charge in [0.2, 0.25) is 0 Å². The van der Waals surface area contributed by atoms with Gasteiger partial charge in [0.05, 0.1) is 5.56 Å². The van der Waals surface area contributed by atoms with E-state index in [2.05, 4.69) is 6.58 Å². The lowest BCUT2D eigenvalue weighted by Crippen LogP contribution is -1.96. The molecule has 0 saturated carbocycles. The fraction of sp³-hybridized carbons (Fsp3) is 0. The van der Waals surface area contributed by atoms with Crippen LogP contribution in [0.2, 0.25) is 0 Å². The Kier molecular flexibility index (Phi) is 3.57. The van der Waals surface area contributed by atoms with E-state index >= 15 is 0 Å². The van der Waals surface area contributed by atoms with Gasteiger partial charge in [0, 0.05) is 5.56 Å². The molecule has 3 nitrogen and oxygen atoms in total. The van der Waals surface area contributed by atoms with Gasteiger partial charge in [-0.3, -0.25) is 4.79 Å². The van der Waals surface area contributed by atoms with Gasteiger partial charge >= 0.3 is 5.97 Å². The Morgan fingerprint density at radius 2 is 1.63 bits per heavy atom. The zero-order chi connectivity index (χ0) is 13.8. The molecule has 2 aromatic carbocycles. The molecular weight excluding hydrogens is 240 g/mol. The smallest absolute Gasteiger partial charge is 0.335 e. The van der Waals surface area contributed by atoms with Gasteiger partial charge in [0.15, 0.2) is 5.78 Å². The highest BCUT2D eigenvalue weighted by molar-refractivity contribution is 6.04. The number of carbonyl (C=O) groups is 2. The minimum absolute atomic E-state index is 0.133. The highest BCUT2D eigenvalue weighted by Gasteiger charge is 2.06. The Balaban J connectivity index is 2.37. The number of ketones is 1. The molecule has 1 N–H and O–H groups in total. The predicted octanol–water partition coefficient (Wildman–Crippen LogP) is 3.42. The predicted molar refractivity (Wildman–Crippen MR) is 73.4 cm³/mol. The number of carboxylic acids is 1. The van der Waals surface area contributed by atoms with Crippen LogP contribution >= 0.6 is 0 Å². The second-order valence-corrected chi connectivity index (χ2v) is 4.03. The maximum atomic E-state index is 11.4. The third-order valence-electron chi connectivity index (χ3n) is 2.80. The summed E-state index contributed by atoms with van der Waals surface area (Å²) < 4.78 is 0. The van der Waals surface area contributed by atoms with Gasteiger partial charge in [-0.2, -0.15) is 0 Å². The maximum absolute atomic E-state index is 11.4. The van der Waals surface area contributed by atoms with Crippen molar-refractivity contribution in [1.82, 2.24) is 0 Å². The van der Waals surface area contributed by atoms with Gasteiger partial charge in [-0.1, -0.05) is 43.0 Å². The van der Waals surface area contributed by atoms with E-state index in [1.54, 1.807) is 42.5 Å². The number of aromatic carboxylic acids is 1. The Hall–Kier alpha value is -2.68. The summed E-state index contributed by atoms with van der Waals surface area (Å²) in [6, 6.07) is 13.7. The van der Waals surface area contributed by atoms with Gasteiger partial charge in [-0.15, -0.1) is 0 Å². The molecule has 0 aliphatic carbocycles. The molecule has 0 aromatic heterocycles. The van der Waals surface area contributed by atoms with Crippen LogP contribution in [0, 0.1) is 0 Å². The summed E-state index contributed by atoms with van der Waals surface area (Å²) in [4.78, 5) is 22.3. The summed E-state index contributed by atoms with van der Waals surface area (Å²) in [6.07, 6.45) is 1.26. The molecule has 0 spiro atoms. The molecule has 0 unspecified atom stereocenters. The molecule has 0 fully saturated rings. The first-order valence-electron chi connectivity index (χ1n) is 5.72. The molecule has 0 aliphatic heterocycles. The fourth-order valence-corrected chi connectivity index (χ4v) is 1.78. The Bertz CT molecular complexity index is 639. The molecule has 0 atom stereocenters. The van der Waals surface area contributed by atoms with E-state index < -0.39 is 5.97 Å². The summed E-state index contributed by atoms with van der Waals surface area (Å²) in [7, 11) is 0. The van der Waals surface area contributed by atoms with Crippen molar-refractivity contribution >= 4 is 11.8 Å². The van der Waals surface area contributed by atoms with Gasteiger partial charge in [0.1, 0.15) is 0 Å². The molecule has 2 rings (SSSR count). The Labute approximate surface area is 110 Å². The lowest BCUT2D eigenvalue weighted by Gasteiger charge is -2.04. The van der Waals surface area contributed by atoms with Gasteiger partial charge in [-0.25, -0.2) is 4.79 Å². The topological polar surface area (TPSA) is 54.4 Å². The van der Waals surface area contributed by atoms with Crippen LogP contribution in [0.4, 0.5) is 0 Å². The van der Waals surface area contributed by atoms with Crippen LogP contribution in [-0.4, -0.2) is 16.9 Å². The summed E-state index contributed by atoms with van der Waals surface area (Å²) in [5.74, 6) is -1.09. The SMILES string of the molecule is C=CC(=O)c1ccc(-c2cccc(C(=O)O)c2)cc1. The van der Waals surface area contributed by atoms with Crippen molar-refractivity contribution in [2.75, 3.05) is 0 Å². The second-order valence-electron chi connectivity index (χ2n) is 4.03. The summed E-state index contributed by atoms with van der Waals surface area (Å²) in [6.45, 7) is 3.43. The number of carbonyl (C=O) groups excluding carboxylic acids is 1. The van der Waals surface area contributed by atoms with Crippen molar-refractivity contribution in [1.29, 1.82) is 0 Å². The molecule has 0 amide bonds. The number of benzene rings is 2. The quantitative estimate of drug-likeness (QED) is 0.670. The fourth-order valence-electron chi connectivity index (χ4n) is 1.78. The zero-order valence-corrected chi connectivity index (χ0v) is 10.2. The molecule has 0 aliphatic rings. The summed E-state index contributed by atoms with van der Waals surface area (Å²) in [5, 5.41) is 8.95. The van der Waals surface area contributed by atoms with Crippen LogP contribution in [0.5, 0.6) is 0 Å². The molecule has 0 saturated heterocycles. The largest absolute Gasteiger partial charge is 0.478 e. The normalized spacial score (nSPS) is 9.89. The number of rotatable bonds is 4. The lowest BCUT2D eigenvalue weighted by atomic mass is 10.0. The van der Waals surface area contributed by atoms with Crippen LogP contribution in [0.3, 0.4) is 0 Å². The van der Waals surface area contributed by atoms with E-state index in [-0.39, 0.29) is 11.3 Å². The second kappa shape index (κ2) is 5.31. The van der Waals surface area contributed by atoms with Crippen LogP contribution in [0.15, 0.2) is 61.2 Å². The summed E-state index contributed by atoms with van der Waals surface area (Å²) >= 11 is 0. The minimum Gasteiger partial charge on any atom is -0.478 e. The average Bonchev–Trinajstić information content (AvgIpc) is 2.46. The van der Waals surface area contributed by atoms with Crippen molar-refractivity contribution in [3.8, 4) is 11.1 Å². The number of hydrogen-bond acceptors (Lipinski definition) is 2. The van der Waals surface area contributed by atoms with E-state index in [4.69, 9.17) is 5.11 Å². The molecular formula is C16H12O3. The number of hydrogen-bond donors (Lipinski definition) is 1. The van der Waals surface area contributed by atoms with Crippen LogP contribution < -0.4 is 0 Å². The Morgan fingerprint density at radius 3 is 2.21 bits per heavy atom. The van der Waals surface area contributed by atoms with E-state index in [9.17, 15) is 9.59 Å². The standard InChI is InChI=1S/C16H12O3/c1-2-15(17)12-8-6-11(7-9-12)13-4-3-5-14(10-13)16(18)19/h2-10H,1H2,(H,18,19). The van der Waals surface area contributed by atoms with E-state index in [0.717, 1.165) is 11.1 Å². The highest BCUT2D eigenvalue weighted by Crippen LogP contribution is 2.21. The molecule has 94 valence electrons. The molecule has 2 aromatic rings. The molecule has 0 bridgehead atoms. The third-order valence-corrected chi connectivity index (χ3v) is 2.80. The van der Waals surface area contributed by atoms with Gasteiger partial charge in [-0.05, 0) is 29.3 Å². The minimum atomic E-state index is -0.958. The first kappa shape index (κ1) is 12.8. The molecule has 0 heterocycles.